The summed E-state index contributed by atoms with van der Waals surface area (Å²) >= 11 is 0. The van der Waals surface area contributed by atoms with Crippen LogP contribution in [0.15, 0.2) is 36.5 Å². The van der Waals surface area contributed by atoms with Gasteiger partial charge in [0.25, 0.3) is 0 Å². The first-order valence-electron chi connectivity index (χ1n) is 17.6. The van der Waals surface area contributed by atoms with E-state index in [0.29, 0.717) is 12.8 Å². The quantitative estimate of drug-likeness (QED) is 0.0501. The van der Waals surface area contributed by atoms with E-state index in [1.54, 1.807) is 0 Å². The van der Waals surface area contributed by atoms with E-state index >= 15 is 0 Å². The molecule has 0 radical (unpaired) electrons. The Balaban J connectivity index is 2.39. The van der Waals surface area contributed by atoms with Gasteiger partial charge in [-0.25, -0.2) is 0 Å². The second-order valence-corrected chi connectivity index (χ2v) is 11.9. The van der Waals surface area contributed by atoms with Gasteiger partial charge < -0.3 is 39.4 Å². The van der Waals surface area contributed by atoms with Crippen molar-refractivity contribution in [1.82, 2.24) is 0 Å². The summed E-state index contributed by atoms with van der Waals surface area (Å²) in [5.74, 6) is -0.842. The SMILES string of the molecule is CC/C=C/C/C=C/C/C=C\CCCCCCCC(=O)OC[C@H](CO[C@@H]1O[C@H](CO)[C@H](O)[C@H](O)[C@H]1O)OC(=O)CCCCCCCC. The zero-order valence-corrected chi connectivity index (χ0v) is 28.3. The molecule has 0 saturated carbocycles. The number of aliphatic hydroxyl groups is 4. The summed E-state index contributed by atoms with van der Waals surface area (Å²) in [5, 5.41) is 39.7. The molecule has 1 aliphatic rings. The van der Waals surface area contributed by atoms with Crippen LogP contribution in [0.3, 0.4) is 0 Å². The highest BCUT2D eigenvalue weighted by Crippen LogP contribution is 2.22. The lowest BCUT2D eigenvalue weighted by Gasteiger charge is -2.39. The second-order valence-electron chi connectivity index (χ2n) is 11.9. The largest absolute Gasteiger partial charge is 0.462 e. The Hall–Kier alpha value is -2.08. The van der Waals surface area contributed by atoms with Crippen LogP contribution in [0, 0.1) is 0 Å². The molecule has 0 unspecified atom stereocenters. The number of hydrogen-bond donors (Lipinski definition) is 4. The van der Waals surface area contributed by atoms with Gasteiger partial charge in [0, 0.05) is 12.8 Å². The van der Waals surface area contributed by atoms with Crippen molar-refractivity contribution in [2.24, 2.45) is 0 Å². The molecule has 10 nitrogen and oxygen atoms in total. The van der Waals surface area contributed by atoms with E-state index in [4.69, 9.17) is 18.9 Å². The number of esters is 2. The molecule has 266 valence electrons. The van der Waals surface area contributed by atoms with Crippen LogP contribution in [-0.4, -0.2) is 89.0 Å². The van der Waals surface area contributed by atoms with Crippen molar-refractivity contribution < 1.29 is 49.0 Å². The molecule has 0 spiro atoms. The van der Waals surface area contributed by atoms with Crippen LogP contribution < -0.4 is 0 Å². The molecule has 0 amide bonds. The average molecular weight is 655 g/mol. The number of carbonyl (C=O) groups excluding carboxylic acids is 2. The summed E-state index contributed by atoms with van der Waals surface area (Å²) in [6, 6.07) is 0. The predicted octanol–water partition coefficient (Wildman–Crippen LogP) is 5.60. The average Bonchev–Trinajstić information content (AvgIpc) is 3.05. The highest BCUT2D eigenvalue weighted by molar-refractivity contribution is 5.70. The minimum absolute atomic E-state index is 0.223. The Morgan fingerprint density at radius 1 is 0.696 bits per heavy atom. The highest BCUT2D eigenvalue weighted by atomic mass is 16.7. The van der Waals surface area contributed by atoms with Crippen LogP contribution in [0.2, 0.25) is 0 Å². The van der Waals surface area contributed by atoms with E-state index in [1.807, 2.05) is 0 Å². The number of ether oxygens (including phenoxy) is 4. The summed E-state index contributed by atoms with van der Waals surface area (Å²) in [7, 11) is 0. The highest BCUT2D eigenvalue weighted by Gasteiger charge is 2.44. The van der Waals surface area contributed by atoms with Crippen molar-refractivity contribution in [1.29, 1.82) is 0 Å². The predicted molar refractivity (Wildman–Crippen MR) is 178 cm³/mol. The Bertz CT molecular complexity index is 856. The van der Waals surface area contributed by atoms with Gasteiger partial charge >= 0.3 is 11.9 Å². The number of carbonyl (C=O) groups is 2. The van der Waals surface area contributed by atoms with Crippen molar-refractivity contribution in [3.05, 3.63) is 36.5 Å². The summed E-state index contributed by atoms with van der Waals surface area (Å²) in [6.07, 6.45) is 20.5. The molecule has 0 aliphatic carbocycles. The van der Waals surface area contributed by atoms with Gasteiger partial charge in [-0.05, 0) is 44.9 Å². The van der Waals surface area contributed by atoms with Crippen LogP contribution in [-0.2, 0) is 28.5 Å². The monoisotopic (exact) mass is 654 g/mol. The molecule has 1 aliphatic heterocycles. The molecule has 1 heterocycles. The molecule has 0 aromatic rings. The van der Waals surface area contributed by atoms with E-state index in [1.165, 1.54) is 6.42 Å². The smallest absolute Gasteiger partial charge is 0.306 e. The molecule has 4 N–H and O–H groups in total. The maximum absolute atomic E-state index is 12.5. The first kappa shape index (κ1) is 41.9. The summed E-state index contributed by atoms with van der Waals surface area (Å²) in [5.41, 5.74) is 0. The molecule has 6 atom stereocenters. The number of unbranched alkanes of at least 4 members (excludes halogenated alkanes) is 10. The topological polar surface area (TPSA) is 152 Å². The zero-order valence-electron chi connectivity index (χ0n) is 28.3. The van der Waals surface area contributed by atoms with Gasteiger partial charge in [0.2, 0.25) is 0 Å². The van der Waals surface area contributed by atoms with E-state index in [2.05, 4.69) is 50.3 Å². The number of aliphatic hydroxyl groups excluding tert-OH is 4. The van der Waals surface area contributed by atoms with Gasteiger partial charge in [0.15, 0.2) is 12.4 Å². The van der Waals surface area contributed by atoms with E-state index < -0.39 is 55.4 Å². The van der Waals surface area contributed by atoms with Gasteiger partial charge in [0.1, 0.15) is 31.0 Å². The van der Waals surface area contributed by atoms with Crippen molar-refractivity contribution >= 4 is 11.9 Å². The molecule has 0 bridgehead atoms. The second kappa shape index (κ2) is 28.0. The van der Waals surface area contributed by atoms with Crippen molar-refractivity contribution in [2.75, 3.05) is 19.8 Å². The number of rotatable bonds is 27. The normalized spacial score (nSPS) is 22.6. The van der Waals surface area contributed by atoms with Crippen molar-refractivity contribution in [3.63, 3.8) is 0 Å². The minimum atomic E-state index is -1.59. The lowest BCUT2D eigenvalue weighted by molar-refractivity contribution is -0.305. The van der Waals surface area contributed by atoms with Crippen LogP contribution in [0.4, 0.5) is 0 Å². The Labute approximate surface area is 276 Å². The fraction of sp³-hybridized carbons (Fsp3) is 0.778. The van der Waals surface area contributed by atoms with E-state index in [0.717, 1.165) is 77.0 Å². The van der Waals surface area contributed by atoms with Crippen LogP contribution in [0.1, 0.15) is 123 Å². The first-order chi connectivity index (χ1) is 22.3. The lowest BCUT2D eigenvalue weighted by atomic mass is 9.99. The lowest BCUT2D eigenvalue weighted by Crippen LogP contribution is -2.59. The third kappa shape index (κ3) is 20.2. The first-order valence-corrected chi connectivity index (χ1v) is 17.6. The van der Waals surface area contributed by atoms with E-state index in [9.17, 15) is 30.0 Å². The van der Waals surface area contributed by atoms with Crippen molar-refractivity contribution in [3.8, 4) is 0 Å². The summed E-state index contributed by atoms with van der Waals surface area (Å²) < 4.78 is 21.9. The van der Waals surface area contributed by atoms with Gasteiger partial charge in [-0.3, -0.25) is 9.59 Å². The van der Waals surface area contributed by atoms with E-state index in [-0.39, 0.29) is 26.1 Å². The van der Waals surface area contributed by atoms with Gasteiger partial charge in [0.05, 0.1) is 13.2 Å². The molecule has 1 saturated heterocycles. The maximum atomic E-state index is 12.5. The molecule has 10 heteroatoms. The molecule has 1 fully saturated rings. The molecule has 0 aromatic carbocycles. The van der Waals surface area contributed by atoms with Crippen LogP contribution in [0.5, 0.6) is 0 Å². The third-order valence-electron chi connectivity index (χ3n) is 7.79. The molecule has 46 heavy (non-hydrogen) atoms. The maximum Gasteiger partial charge on any atom is 0.306 e. The fourth-order valence-corrected chi connectivity index (χ4v) is 4.96. The van der Waals surface area contributed by atoms with Gasteiger partial charge in [-0.1, -0.05) is 102 Å². The molecular weight excluding hydrogens is 592 g/mol. The third-order valence-corrected chi connectivity index (χ3v) is 7.79. The number of allylic oxidation sites excluding steroid dienone is 6. The molecule has 0 aromatic heterocycles. The summed E-state index contributed by atoms with van der Waals surface area (Å²) in [4.78, 5) is 24.9. The standard InChI is InChI=1S/C36H62O10/c1-3-5-7-9-11-12-13-14-15-16-17-18-19-21-22-24-31(38)43-27-29(45-32(39)25-23-20-10-8-6-4-2)28-44-36-35(42)34(41)33(40)30(26-37)46-36/h5,7,11-12,14-15,29-30,33-37,40-42H,3-4,6,8-10,13,16-28H2,1-2H3/b7-5+,12-11+,15-14-/t29-,30-,33+,34+,35-,36-/m1/s1. The Kier molecular flexibility index (Phi) is 25.5. The number of hydrogen-bond acceptors (Lipinski definition) is 10. The van der Waals surface area contributed by atoms with Gasteiger partial charge in [-0.2, -0.15) is 0 Å². The molecule has 1 rings (SSSR count). The van der Waals surface area contributed by atoms with Crippen LogP contribution in [0.25, 0.3) is 0 Å². The Morgan fingerprint density at radius 3 is 1.93 bits per heavy atom. The summed E-state index contributed by atoms with van der Waals surface area (Å²) in [6.45, 7) is 3.18. The fourth-order valence-electron chi connectivity index (χ4n) is 4.96. The zero-order chi connectivity index (χ0) is 33.8. The van der Waals surface area contributed by atoms with Crippen LogP contribution >= 0.6 is 0 Å². The Morgan fingerprint density at radius 2 is 1.28 bits per heavy atom. The molecular formula is C36H62O10. The van der Waals surface area contributed by atoms with Gasteiger partial charge in [-0.15, -0.1) is 0 Å². The van der Waals surface area contributed by atoms with Crippen molar-refractivity contribution in [2.45, 2.75) is 160 Å². The minimum Gasteiger partial charge on any atom is -0.462 e.